The molecule has 1 aromatic rings. The van der Waals surface area contributed by atoms with Crippen LogP contribution < -0.4 is 5.32 Å². The van der Waals surface area contributed by atoms with E-state index in [4.69, 9.17) is 4.74 Å². The number of nitrogens with zero attached hydrogens (tertiary/aromatic N) is 1. The SMILES string of the molecule is CCN1CCOC(CNCC2CSc3ccccc32)C1. The van der Waals surface area contributed by atoms with Crippen molar-refractivity contribution in [3.63, 3.8) is 0 Å². The van der Waals surface area contributed by atoms with Gasteiger partial charge in [0.15, 0.2) is 0 Å². The second-order valence-corrected chi connectivity index (χ2v) is 6.65. The van der Waals surface area contributed by atoms with Crippen molar-refractivity contribution in [3.8, 4) is 0 Å². The van der Waals surface area contributed by atoms with E-state index in [1.807, 2.05) is 11.8 Å². The molecule has 0 bridgehead atoms. The topological polar surface area (TPSA) is 24.5 Å². The summed E-state index contributed by atoms with van der Waals surface area (Å²) in [6.45, 7) is 8.42. The van der Waals surface area contributed by atoms with E-state index in [-0.39, 0.29) is 0 Å². The molecule has 20 heavy (non-hydrogen) atoms. The van der Waals surface area contributed by atoms with Crippen molar-refractivity contribution in [2.24, 2.45) is 0 Å². The molecule has 0 amide bonds. The van der Waals surface area contributed by atoms with Crippen LogP contribution in [0.4, 0.5) is 0 Å². The molecular formula is C16H24N2OS. The normalized spacial score (nSPS) is 26.6. The van der Waals surface area contributed by atoms with Crippen molar-refractivity contribution in [2.45, 2.75) is 23.8 Å². The highest BCUT2D eigenvalue weighted by molar-refractivity contribution is 7.99. The highest BCUT2D eigenvalue weighted by atomic mass is 32.2. The largest absolute Gasteiger partial charge is 0.374 e. The van der Waals surface area contributed by atoms with E-state index >= 15 is 0 Å². The maximum absolute atomic E-state index is 5.83. The highest BCUT2D eigenvalue weighted by Gasteiger charge is 2.23. The van der Waals surface area contributed by atoms with Gasteiger partial charge in [0.1, 0.15) is 0 Å². The van der Waals surface area contributed by atoms with Crippen LogP contribution in [0, 0.1) is 0 Å². The molecule has 2 heterocycles. The zero-order chi connectivity index (χ0) is 13.8. The van der Waals surface area contributed by atoms with Crippen molar-refractivity contribution in [3.05, 3.63) is 29.8 Å². The number of nitrogens with one attached hydrogen (secondary N) is 1. The Kier molecular flexibility index (Phi) is 4.99. The van der Waals surface area contributed by atoms with E-state index in [2.05, 4.69) is 41.4 Å². The predicted molar refractivity (Wildman–Crippen MR) is 84.6 cm³/mol. The fraction of sp³-hybridized carbons (Fsp3) is 0.625. The average Bonchev–Trinajstić information content (AvgIpc) is 2.91. The van der Waals surface area contributed by atoms with E-state index in [1.54, 1.807) is 0 Å². The molecule has 0 saturated carbocycles. The molecule has 1 fully saturated rings. The molecule has 0 aliphatic carbocycles. The fourth-order valence-corrected chi connectivity index (χ4v) is 4.26. The minimum absolute atomic E-state index is 0.355. The van der Waals surface area contributed by atoms with Crippen LogP contribution in [0.5, 0.6) is 0 Å². The lowest BCUT2D eigenvalue weighted by molar-refractivity contribution is -0.0252. The van der Waals surface area contributed by atoms with Crippen molar-refractivity contribution < 1.29 is 4.74 Å². The number of morpholine rings is 1. The molecule has 110 valence electrons. The van der Waals surface area contributed by atoms with Gasteiger partial charge in [0, 0.05) is 42.7 Å². The van der Waals surface area contributed by atoms with Gasteiger partial charge in [-0.3, -0.25) is 4.90 Å². The van der Waals surface area contributed by atoms with Gasteiger partial charge in [-0.25, -0.2) is 0 Å². The van der Waals surface area contributed by atoms with Crippen LogP contribution in [-0.2, 0) is 4.74 Å². The van der Waals surface area contributed by atoms with Gasteiger partial charge in [-0.05, 0) is 18.2 Å². The van der Waals surface area contributed by atoms with Crippen molar-refractivity contribution in [1.82, 2.24) is 10.2 Å². The maximum atomic E-state index is 5.83. The summed E-state index contributed by atoms with van der Waals surface area (Å²) in [5.74, 6) is 1.86. The molecule has 1 N–H and O–H groups in total. The van der Waals surface area contributed by atoms with Gasteiger partial charge >= 0.3 is 0 Å². The summed E-state index contributed by atoms with van der Waals surface area (Å²) >= 11 is 1.99. The molecule has 1 aromatic carbocycles. The Hall–Kier alpha value is -0.550. The Morgan fingerprint density at radius 2 is 2.25 bits per heavy atom. The molecule has 2 atom stereocenters. The Labute approximate surface area is 126 Å². The first-order valence-corrected chi connectivity index (χ1v) is 8.61. The van der Waals surface area contributed by atoms with Crippen LogP contribution in [0.3, 0.4) is 0 Å². The van der Waals surface area contributed by atoms with Gasteiger partial charge in [0.2, 0.25) is 0 Å². The minimum Gasteiger partial charge on any atom is -0.374 e. The zero-order valence-electron chi connectivity index (χ0n) is 12.2. The summed E-state index contributed by atoms with van der Waals surface area (Å²) in [6, 6.07) is 8.80. The number of rotatable bonds is 5. The first-order valence-electron chi connectivity index (χ1n) is 7.63. The molecule has 0 radical (unpaired) electrons. The van der Waals surface area contributed by atoms with Crippen molar-refractivity contribution >= 4 is 11.8 Å². The van der Waals surface area contributed by atoms with Crippen molar-refractivity contribution in [2.75, 3.05) is 45.1 Å². The van der Waals surface area contributed by atoms with E-state index in [0.717, 1.165) is 39.3 Å². The second kappa shape index (κ2) is 6.94. The first kappa shape index (κ1) is 14.4. The smallest absolute Gasteiger partial charge is 0.0826 e. The fourth-order valence-electron chi connectivity index (χ4n) is 3.01. The van der Waals surface area contributed by atoms with Gasteiger partial charge in [-0.15, -0.1) is 11.8 Å². The standard InChI is InChI=1S/C16H24N2OS/c1-2-18-7-8-19-14(11-18)10-17-9-13-12-20-16-6-4-3-5-15(13)16/h3-6,13-14,17H,2,7-12H2,1H3. The lowest BCUT2D eigenvalue weighted by atomic mass is 10.0. The summed E-state index contributed by atoms with van der Waals surface area (Å²) in [5.41, 5.74) is 1.52. The number of fused-ring (bicyclic) bond motifs is 1. The van der Waals surface area contributed by atoms with Gasteiger partial charge in [0.05, 0.1) is 12.7 Å². The summed E-state index contributed by atoms with van der Waals surface area (Å²) in [5, 5.41) is 3.62. The van der Waals surface area contributed by atoms with Crippen LogP contribution in [0.15, 0.2) is 29.2 Å². The zero-order valence-corrected chi connectivity index (χ0v) is 13.0. The summed E-state index contributed by atoms with van der Waals surface area (Å²) < 4.78 is 5.83. The monoisotopic (exact) mass is 292 g/mol. The average molecular weight is 292 g/mol. The van der Waals surface area contributed by atoms with Crippen LogP contribution in [-0.4, -0.2) is 56.1 Å². The van der Waals surface area contributed by atoms with E-state index < -0.39 is 0 Å². The quantitative estimate of drug-likeness (QED) is 0.899. The molecule has 0 aromatic heterocycles. The van der Waals surface area contributed by atoms with E-state index in [0.29, 0.717) is 12.0 Å². The second-order valence-electron chi connectivity index (χ2n) is 5.59. The predicted octanol–water partition coefficient (Wildman–Crippen LogP) is 2.19. The van der Waals surface area contributed by atoms with Gasteiger partial charge in [0.25, 0.3) is 0 Å². The molecule has 4 heteroatoms. The number of ether oxygens (including phenoxy) is 1. The third kappa shape index (κ3) is 3.37. The van der Waals surface area contributed by atoms with Gasteiger partial charge in [-0.1, -0.05) is 25.1 Å². The minimum atomic E-state index is 0.355. The maximum Gasteiger partial charge on any atom is 0.0826 e. The molecular weight excluding hydrogens is 268 g/mol. The first-order chi connectivity index (χ1) is 9.86. The van der Waals surface area contributed by atoms with Gasteiger partial charge < -0.3 is 10.1 Å². The summed E-state index contributed by atoms with van der Waals surface area (Å²) in [4.78, 5) is 3.93. The number of likely N-dealkylation sites (N-methyl/N-ethyl adjacent to an activating group) is 1. The van der Waals surface area contributed by atoms with Crippen molar-refractivity contribution in [1.29, 1.82) is 0 Å². The number of benzene rings is 1. The number of hydrogen-bond acceptors (Lipinski definition) is 4. The number of thioether (sulfide) groups is 1. The summed E-state index contributed by atoms with van der Waals surface area (Å²) in [7, 11) is 0. The Morgan fingerprint density at radius 3 is 3.15 bits per heavy atom. The van der Waals surface area contributed by atoms with Gasteiger partial charge in [-0.2, -0.15) is 0 Å². The molecule has 0 spiro atoms. The third-order valence-electron chi connectivity index (χ3n) is 4.23. The third-order valence-corrected chi connectivity index (χ3v) is 5.48. The Balaban J connectivity index is 1.44. The Morgan fingerprint density at radius 1 is 1.35 bits per heavy atom. The lowest BCUT2D eigenvalue weighted by Crippen LogP contribution is -2.46. The van der Waals surface area contributed by atoms with Crippen LogP contribution >= 0.6 is 11.8 Å². The molecule has 2 aliphatic rings. The molecule has 3 rings (SSSR count). The molecule has 2 unspecified atom stereocenters. The molecule has 1 saturated heterocycles. The number of hydrogen-bond donors (Lipinski definition) is 1. The van der Waals surface area contributed by atoms with Crippen LogP contribution in [0.1, 0.15) is 18.4 Å². The molecule has 2 aliphatic heterocycles. The highest BCUT2D eigenvalue weighted by Crippen LogP contribution is 2.38. The summed E-state index contributed by atoms with van der Waals surface area (Å²) in [6.07, 6.45) is 0.355. The van der Waals surface area contributed by atoms with Crippen LogP contribution in [0.25, 0.3) is 0 Å². The van der Waals surface area contributed by atoms with E-state index in [9.17, 15) is 0 Å². The lowest BCUT2D eigenvalue weighted by Gasteiger charge is -2.32. The Bertz CT molecular complexity index is 440. The van der Waals surface area contributed by atoms with E-state index in [1.165, 1.54) is 16.2 Å². The molecule has 3 nitrogen and oxygen atoms in total. The van der Waals surface area contributed by atoms with Crippen LogP contribution in [0.2, 0.25) is 0 Å².